The number of nitrogens with one attached hydrogen (secondary N) is 1. The van der Waals surface area contributed by atoms with E-state index in [4.69, 9.17) is 11.5 Å². The Morgan fingerprint density at radius 3 is 2.88 bits per heavy atom. The van der Waals surface area contributed by atoms with Gasteiger partial charge in [-0.15, -0.1) is 12.3 Å². The first-order chi connectivity index (χ1) is 7.44. The number of carboxylic acid groups (broad SMARTS) is 1. The Kier molecular flexibility index (Phi) is 3.51. The number of hydrogen-bond acceptors (Lipinski definition) is 3. The van der Waals surface area contributed by atoms with Gasteiger partial charge in [0.15, 0.2) is 5.69 Å². The van der Waals surface area contributed by atoms with Crippen molar-refractivity contribution >= 4 is 11.8 Å². The summed E-state index contributed by atoms with van der Waals surface area (Å²) in [4.78, 5) is 14.7. The van der Waals surface area contributed by atoms with E-state index in [1.165, 1.54) is 6.07 Å². The molecule has 4 nitrogen and oxygen atoms in total. The molecule has 0 radical (unpaired) electrons. The van der Waals surface area contributed by atoms with Crippen LogP contribution in [0.15, 0.2) is 18.2 Å². The lowest BCUT2D eigenvalue weighted by molar-refractivity contribution is 0.0690. The molecule has 0 saturated carbocycles. The Hall–Kier alpha value is -2.02. The van der Waals surface area contributed by atoms with Crippen LogP contribution in [-0.4, -0.2) is 21.6 Å². The maximum atomic E-state index is 10.7. The standard InChI is InChI=1S/C12H14N2O2/c1-4-8-12(2,3)14-10-7-5-6-9(13-10)11(15)16/h1,5-7H,8H2,2-3H3,(H,13,14)(H,15,16). The van der Waals surface area contributed by atoms with E-state index in [1.54, 1.807) is 12.1 Å². The molecule has 0 amide bonds. The molecule has 2 N–H and O–H groups in total. The van der Waals surface area contributed by atoms with E-state index in [2.05, 4.69) is 16.2 Å². The first-order valence-electron chi connectivity index (χ1n) is 4.86. The van der Waals surface area contributed by atoms with Gasteiger partial charge in [-0.2, -0.15) is 0 Å². The van der Waals surface area contributed by atoms with Crippen LogP contribution in [-0.2, 0) is 0 Å². The van der Waals surface area contributed by atoms with Crippen LogP contribution in [0.1, 0.15) is 30.8 Å². The Morgan fingerprint density at radius 1 is 1.62 bits per heavy atom. The highest BCUT2D eigenvalue weighted by Gasteiger charge is 2.17. The van der Waals surface area contributed by atoms with Crippen molar-refractivity contribution < 1.29 is 9.90 Å². The third-order valence-electron chi connectivity index (χ3n) is 1.98. The van der Waals surface area contributed by atoms with Gasteiger partial charge in [0.1, 0.15) is 5.82 Å². The molecule has 0 atom stereocenters. The van der Waals surface area contributed by atoms with Crippen molar-refractivity contribution in [3.05, 3.63) is 23.9 Å². The minimum Gasteiger partial charge on any atom is -0.477 e. The van der Waals surface area contributed by atoms with Crippen LogP contribution in [0.4, 0.5) is 5.82 Å². The van der Waals surface area contributed by atoms with Crippen LogP contribution in [0, 0.1) is 12.3 Å². The third kappa shape index (κ3) is 3.28. The van der Waals surface area contributed by atoms with Crippen molar-refractivity contribution in [1.82, 2.24) is 4.98 Å². The molecule has 0 saturated heterocycles. The van der Waals surface area contributed by atoms with E-state index in [0.717, 1.165) is 0 Å². The quantitative estimate of drug-likeness (QED) is 0.759. The summed E-state index contributed by atoms with van der Waals surface area (Å²) in [6.45, 7) is 3.87. The van der Waals surface area contributed by atoms with Crippen LogP contribution in [0.5, 0.6) is 0 Å². The van der Waals surface area contributed by atoms with Crippen LogP contribution in [0.25, 0.3) is 0 Å². The Bertz CT molecular complexity index is 433. The predicted molar refractivity (Wildman–Crippen MR) is 62.3 cm³/mol. The zero-order valence-corrected chi connectivity index (χ0v) is 9.32. The molecule has 0 aliphatic carbocycles. The summed E-state index contributed by atoms with van der Waals surface area (Å²) >= 11 is 0. The molecule has 1 heterocycles. The van der Waals surface area contributed by atoms with Crippen LogP contribution in [0.2, 0.25) is 0 Å². The van der Waals surface area contributed by atoms with Crippen LogP contribution in [0.3, 0.4) is 0 Å². The highest BCUT2D eigenvalue weighted by Crippen LogP contribution is 2.16. The largest absolute Gasteiger partial charge is 0.477 e. The van der Waals surface area contributed by atoms with Crippen molar-refractivity contribution in [3.63, 3.8) is 0 Å². The number of aromatic carboxylic acids is 1. The van der Waals surface area contributed by atoms with Crippen molar-refractivity contribution in [1.29, 1.82) is 0 Å². The molecule has 0 fully saturated rings. The summed E-state index contributed by atoms with van der Waals surface area (Å²) in [6.07, 6.45) is 5.78. The number of anilines is 1. The Balaban J connectivity index is 2.86. The Morgan fingerprint density at radius 2 is 2.31 bits per heavy atom. The maximum Gasteiger partial charge on any atom is 0.354 e. The minimum atomic E-state index is -1.04. The first kappa shape index (κ1) is 12.1. The summed E-state index contributed by atoms with van der Waals surface area (Å²) < 4.78 is 0. The molecule has 84 valence electrons. The molecule has 0 bridgehead atoms. The highest BCUT2D eigenvalue weighted by molar-refractivity contribution is 5.85. The molecule has 0 unspecified atom stereocenters. The zero-order chi connectivity index (χ0) is 12.2. The number of nitrogens with zero attached hydrogens (tertiary/aromatic N) is 1. The topological polar surface area (TPSA) is 62.2 Å². The van der Waals surface area contributed by atoms with Crippen LogP contribution < -0.4 is 5.32 Å². The fourth-order valence-electron chi connectivity index (χ4n) is 1.27. The monoisotopic (exact) mass is 218 g/mol. The van der Waals surface area contributed by atoms with Crippen molar-refractivity contribution in [3.8, 4) is 12.3 Å². The van der Waals surface area contributed by atoms with Gasteiger partial charge in [-0.3, -0.25) is 0 Å². The molecule has 0 aliphatic rings. The number of hydrogen-bond donors (Lipinski definition) is 2. The normalized spacial score (nSPS) is 10.6. The molecular weight excluding hydrogens is 204 g/mol. The minimum absolute atomic E-state index is 0.0153. The average molecular weight is 218 g/mol. The van der Waals surface area contributed by atoms with E-state index >= 15 is 0 Å². The Labute approximate surface area is 94.7 Å². The van der Waals surface area contributed by atoms with Crippen LogP contribution >= 0.6 is 0 Å². The SMILES string of the molecule is C#CCC(C)(C)Nc1cccc(C(=O)O)n1. The van der Waals surface area contributed by atoms with Gasteiger partial charge >= 0.3 is 5.97 Å². The van der Waals surface area contributed by atoms with Crippen molar-refractivity contribution in [2.24, 2.45) is 0 Å². The molecule has 0 spiro atoms. The number of aromatic nitrogens is 1. The first-order valence-corrected chi connectivity index (χ1v) is 4.86. The number of terminal acetylenes is 1. The van der Waals surface area contributed by atoms with Gasteiger partial charge in [-0.1, -0.05) is 6.07 Å². The summed E-state index contributed by atoms with van der Waals surface area (Å²) in [5, 5.41) is 11.9. The molecular formula is C12H14N2O2. The summed E-state index contributed by atoms with van der Waals surface area (Å²) in [7, 11) is 0. The van der Waals surface area contributed by atoms with E-state index in [0.29, 0.717) is 12.2 Å². The zero-order valence-electron chi connectivity index (χ0n) is 9.32. The van der Waals surface area contributed by atoms with E-state index in [-0.39, 0.29) is 11.2 Å². The van der Waals surface area contributed by atoms with Gasteiger partial charge in [-0.05, 0) is 26.0 Å². The highest BCUT2D eigenvalue weighted by atomic mass is 16.4. The molecule has 16 heavy (non-hydrogen) atoms. The number of carbonyl (C=O) groups is 1. The van der Waals surface area contributed by atoms with Gasteiger partial charge in [0, 0.05) is 12.0 Å². The maximum absolute atomic E-state index is 10.7. The molecule has 4 heteroatoms. The second-order valence-electron chi connectivity index (χ2n) is 4.10. The van der Waals surface area contributed by atoms with Gasteiger partial charge in [-0.25, -0.2) is 9.78 Å². The van der Waals surface area contributed by atoms with Gasteiger partial charge in [0.2, 0.25) is 0 Å². The summed E-state index contributed by atoms with van der Waals surface area (Å²) in [5.74, 6) is 2.03. The molecule has 1 aromatic heterocycles. The van der Waals surface area contributed by atoms with E-state index in [1.807, 2.05) is 13.8 Å². The van der Waals surface area contributed by atoms with Gasteiger partial charge in [0.25, 0.3) is 0 Å². The fraction of sp³-hybridized carbons (Fsp3) is 0.333. The van der Waals surface area contributed by atoms with Crippen molar-refractivity contribution in [2.75, 3.05) is 5.32 Å². The lowest BCUT2D eigenvalue weighted by atomic mass is 10.0. The lowest BCUT2D eigenvalue weighted by Gasteiger charge is -2.24. The molecule has 0 aliphatic heterocycles. The summed E-state index contributed by atoms with van der Waals surface area (Å²) in [6, 6.07) is 4.80. The number of carboxylic acids is 1. The molecule has 1 rings (SSSR count). The molecule has 1 aromatic rings. The predicted octanol–water partition coefficient (Wildman–Crippen LogP) is 1.99. The summed E-state index contributed by atoms with van der Waals surface area (Å²) in [5.41, 5.74) is -0.291. The van der Waals surface area contributed by atoms with E-state index in [9.17, 15) is 4.79 Å². The van der Waals surface area contributed by atoms with Crippen molar-refractivity contribution in [2.45, 2.75) is 25.8 Å². The lowest BCUT2D eigenvalue weighted by Crippen LogP contribution is -2.30. The second kappa shape index (κ2) is 4.67. The third-order valence-corrected chi connectivity index (χ3v) is 1.98. The number of pyridine rings is 1. The number of rotatable bonds is 4. The van der Waals surface area contributed by atoms with E-state index < -0.39 is 5.97 Å². The second-order valence-corrected chi connectivity index (χ2v) is 4.10. The average Bonchev–Trinajstić information content (AvgIpc) is 2.17. The van der Waals surface area contributed by atoms with Gasteiger partial charge in [0.05, 0.1) is 0 Å². The smallest absolute Gasteiger partial charge is 0.354 e. The van der Waals surface area contributed by atoms with Gasteiger partial charge < -0.3 is 10.4 Å². The fourth-order valence-corrected chi connectivity index (χ4v) is 1.27. The molecule has 0 aromatic carbocycles.